The van der Waals surface area contributed by atoms with E-state index in [0.717, 1.165) is 44.4 Å². The molecule has 2 heterocycles. The number of hydrogen-bond acceptors (Lipinski definition) is 4. The lowest BCUT2D eigenvalue weighted by atomic mass is 9.79. The Morgan fingerprint density at radius 2 is 1.62 bits per heavy atom. The van der Waals surface area contributed by atoms with Crippen LogP contribution < -0.4 is 5.46 Å². The van der Waals surface area contributed by atoms with Gasteiger partial charge in [0.15, 0.2) is 0 Å². The Morgan fingerprint density at radius 3 is 2.12 bits per heavy atom. The zero-order valence-electron chi connectivity index (χ0n) is 17.0. The Balaban J connectivity index is 1.50. The van der Waals surface area contributed by atoms with Crippen LogP contribution in [0.1, 0.15) is 53.0 Å². The first-order valence-electron chi connectivity index (χ1n) is 10.0. The normalized spacial score (nSPS) is 24.8. The quantitative estimate of drug-likeness (QED) is 0.821. The summed E-state index contributed by atoms with van der Waals surface area (Å²) in [6.07, 6.45) is 3.11. The Labute approximate surface area is 159 Å². The van der Waals surface area contributed by atoms with Crippen molar-refractivity contribution in [2.45, 2.75) is 71.2 Å². The van der Waals surface area contributed by atoms with Gasteiger partial charge in [-0.2, -0.15) is 0 Å². The predicted octanol–water partition coefficient (Wildman–Crippen LogP) is 2.62. The van der Waals surface area contributed by atoms with Gasteiger partial charge >= 0.3 is 7.12 Å². The average molecular weight is 359 g/mol. The van der Waals surface area contributed by atoms with Gasteiger partial charge in [-0.15, -0.1) is 0 Å². The summed E-state index contributed by atoms with van der Waals surface area (Å²) in [4.78, 5) is 2.51. The number of hydrogen-bond donors (Lipinski definition) is 1. The molecule has 2 fully saturated rings. The second-order valence-corrected chi connectivity index (χ2v) is 9.00. The van der Waals surface area contributed by atoms with Crippen molar-refractivity contribution in [3.05, 3.63) is 29.8 Å². The van der Waals surface area contributed by atoms with E-state index in [1.54, 1.807) is 0 Å². The van der Waals surface area contributed by atoms with Crippen molar-refractivity contribution in [2.75, 3.05) is 19.6 Å². The summed E-state index contributed by atoms with van der Waals surface area (Å²) in [5.74, 6) is 0.477. The number of rotatable bonds is 5. The number of likely N-dealkylation sites (tertiary alicyclic amines) is 1. The van der Waals surface area contributed by atoms with Gasteiger partial charge in [0, 0.05) is 6.54 Å². The van der Waals surface area contributed by atoms with Crippen LogP contribution in [0.3, 0.4) is 0 Å². The number of aliphatic hydroxyl groups is 1. The van der Waals surface area contributed by atoms with Crippen molar-refractivity contribution in [3.8, 4) is 0 Å². The van der Waals surface area contributed by atoms with Gasteiger partial charge in [0.1, 0.15) is 0 Å². The van der Waals surface area contributed by atoms with Gasteiger partial charge in [0.2, 0.25) is 0 Å². The number of piperidine rings is 1. The van der Waals surface area contributed by atoms with E-state index in [4.69, 9.17) is 9.31 Å². The van der Waals surface area contributed by atoms with E-state index in [1.807, 2.05) is 6.92 Å². The maximum absolute atomic E-state index is 9.71. The van der Waals surface area contributed by atoms with Crippen LogP contribution in [-0.4, -0.2) is 54.1 Å². The molecule has 1 atom stereocenters. The fourth-order valence-electron chi connectivity index (χ4n) is 3.77. The summed E-state index contributed by atoms with van der Waals surface area (Å²) in [6, 6.07) is 8.67. The van der Waals surface area contributed by atoms with E-state index in [1.165, 1.54) is 5.56 Å². The van der Waals surface area contributed by atoms with Crippen LogP contribution in [0.25, 0.3) is 0 Å². The van der Waals surface area contributed by atoms with Crippen LogP contribution in [0.5, 0.6) is 0 Å². The second-order valence-electron chi connectivity index (χ2n) is 9.00. The number of nitrogens with zero attached hydrogens (tertiary/aromatic N) is 1. The summed E-state index contributed by atoms with van der Waals surface area (Å²) in [5.41, 5.74) is 1.84. The van der Waals surface area contributed by atoms with Gasteiger partial charge in [-0.05, 0) is 83.9 Å². The maximum Gasteiger partial charge on any atom is 0.494 e. The van der Waals surface area contributed by atoms with Crippen molar-refractivity contribution in [3.63, 3.8) is 0 Å². The highest BCUT2D eigenvalue weighted by atomic mass is 16.7. The van der Waals surface area contributed by atoms with E-state index in [-0.39, 0.29) is 24.4 Å². The molecule has 26 heavy (non-hydrogen) atoms. The monoisotopic (exact) mass is 359 g/mol. The minimum Gasteiger partial charge on any atom is -0.399 e. The molecule has 0 saturated carbocycles. The Bertz CT molecular complexity index is 576. The first-order chi connectivity index (χ1) is 12.2. The van der Waals surface area contributed by atoms with Gasteiger partial charge in [-0.25, -0.2) is 0 Å². The summed E-state index contributed by atoms with van der Waals surface area (Å²) >= 11 is 0. The molecule has 0 amide bonds. The molecule has 4 nitrogen and oxygen atoms in total. The summed E-state index contributed by atoms with van der Waals surface area (Å²) < 4.78 is 12.2. The first-order valence-corrected chi connectivity index (χ1v) is 10.0. The van der Waals surface area contributed by atoms with Crippen LogP contribution >= 0.6 is 0 Å². The predicted molar refractivity (Wildman–Crippen MR) is 107 cm³/mol. The van der Waals surface area contributed by atoms with Crippen molar-refractivity contribution in [1.29, 1.82) is 0 Å². The first kappa shape index (κ1) is 19.9. The van der Waals surface area contributed by atoms with Crippen LogP contribution in [0.4, 0.5) is 0 Å². The Kier molecular flexibility index (Phi) is 5.83. The molecule has 1 aromatic rings. The van der Waals surface area contributed by atoms with Crippen LogP contribution in [0.2, 0.25) is 0 Å². The molecule has 2 aliphatic heterocycles. The van der Waals surface area contributed by atoms with E-state index < -0.39 is 0 Å². The Hall–Kier alpha value is -0.875. The lowest BCUT2D eigenvalue weighted by Gasteiger charge is -2.33. The average Bonchev–Trinajstić information content (AvgIpc) is 2.81. The number of aliphatic hydroxyl groups excluding tert-OH is 1. The lowest BCUT2D eigenvalue weighted by molar-refractivity contribution is 0.00578. The van der Waals surface area contributed by atoms with Gasteiger partial charge in [-0.1, -0.05) is 24.3 Å². The summed E-state index contributed by atoms with van der Waals surface area (Å²) in [7, 11) is -0.284. The molecule has 144 valence electrons. The summed E-state index contributed by atoms with van der Waals surface area (Å²) in [6.45, 7) is 13.5. The van der Waals surface area contributed by atoms with Crippen molar-refractivity contribution in [2.24, 2.45) is 5.92 Å². The molecule has 1 aromatic carbocycles. The lowest BCUT2D eigenvalue weighted by Crippen LogP contribution is -2.41. The van der Waals surface area contributed by atoms with Gasteiger partial charge in [-0.3, -0.25) is 0 Å². The van der Waals surface area contributed by atoms with E-state index in [9.17, 15) is 5.11 Å². The van der Waals surface area contributed by atoms with Gasteiger partial charge in [0.25, 0.3) is 0 Å². The molecule has 2 aliphatic rings. The molecule has 2 saturated heterocycles. The van der Waals surface area contributed by atoms with Gasteiger partial charge in [0.05, 0.1) is 17.3 Å². The smallest absolute Gasteiger partial charge is 0.399 e. The topological polar surface area (TPSA) is 41.9 Å². The zero-order chi connectivity index (χ0) is 18.9. The molecule has 3 rings (SSSR count). The van der Waals surface area contributed by atoms with Crippen LogP contribution in [0.15, 0.2) is 24.3 Å². The molecule has 0 aliphatic carbocycles. The molecule has 0 aromatic heterocycles. The number of benzene rings is 1. The Morgan fingerprint density at radius 1 is 1.08 bits per heavy atom. The fourth-order valence-corrected chi connectivity index (χ4v) is 3.77. The minimum absolute atomic E-state index is 0.167. The fraction of sp³-hybridized carbons (Fsp3) is 0.714. The third-order valence-corrected chi connectivity index (χ3v) is 6.54. The summed E-state index contributed by atoms with van der Waals surface area (Å²) in [5, 5.41) is 9.71. The van der Waals surface area contributed by atoms with E-state index >= 15 is 0 Å². The second kappa shape index (κ2) is 7.63. The third kappa shape index (κ3) is 4.33. The molecule has 1 N–H and O–H groups in total. The molecule has 5 heteroatoms. The molecule has 0 radical (unpaired) electrons. The highest BCUT2D eigenvalue weighted by molar-refractivity contribution is 6.62. The maximum atomic E-state index is 9.71. The standard InChI is InChI=1S/C21H34BNO3/c1-16(24)18-11-14-23(15-12-18)13-10-17-6-8-19(9-7-17)22-25-20(2,3)21(4,5)26-22/h6-9,16,18,24H,10-15H2,1-5H3. The van der Waals surface area contributed by atoms with Crippen molar-refractivity contribution < 1.29 is 14.4 Å². The third-order valence-electron chi connectivity index (χ3n) is 6.54. The molecular weight excluding hydrogens is 325 g/mol. The van der Waals surface area contributed by atoms with E-state index in [0.29, 0.717) is 5.92 Å². The van der Waals surface area contributed by atoms with E-state index in [2.05, 4.69) is 56.9 Å². The SMILES string of the molecule is CC(O)C1CCN(CCc2ccc(B3OC(C)(C)C(C)(C)O3)cc2)CC1. The molecule has 1 unspecified atom stereocenters. The highest BCUT2D eigenvalue weighted by Gasteiger charge is 2.51. The van der Waals surface area contributed by atoms with Crippen LogP contribution in [0, 0.1) is 5.92 Å². The van der Waals surface area contributed by atoms with Crippen molar-refractivity contribution in [1.82, 2.24) is 4.90 Å². The largest absolute Gasteiger partial charge is 0.494 e. The van der Waals surface area contributed by atoms with Gasteiger partial charge < -0.3 is 19.3 Å². The minimum atomic E-state index is -0.297. The highest BCUT2D eigenvalue weighted by Crippen LogP contribution is 2.36. The zero-order valence-corrected chi connectivity index (χ0v) is 17.0. The van der Waals surface area contributed by atoms with Crippen molar-refractivity contribution >= 4 is 12.6 Å². The molecular formula is C21H34BNO3. The van der Waals surface area contributed by atoms with Crippen LogP contribution in [-0.2, 0) is 15.7 Å². The molecule has 0 spiro atoms. The molecule has 0 bridgehead atoms.